The van der Waals surface area contributed by atoms with Crippen LogP contribution in [0.5, 0.6) is 0 Å². The fraction of sp³-hybridized carbons (Fsp3) is 0.200. The molecule has 3 aromatic rings. The number of aromatic nitrogens is 2. The van der Waals surface area contributed by atoms with Gasteiger partial charge < -0.3 is 13.8 Å². The topological polar surface area (TPSA) is 103 Å². The molecule has 1 N–H and O–H groups in total. The third-order valence-corrected chi connectivity index (χ3v) is 5.02. The van der Waals surface area contributed by atoms with Crippen molar-refractivity contribution in [2.45, 2.75) is 18.4 Å². The molecule has 9 heteroatoms. The third-order valence-electron chi connectivity index (χ3n) is 3.55. The molecule has 0 unspecified atom stereocenters. The zero-order chi connectivity index (χ0) is 17.3. The van der Waals surface area contributed by atoms with E-state index in [0.717, 1.165) is 17.2 Å². The van der Waals surface area contributed by atoms with Crippen LogP contribution in [0.3, 0.4) is 0 Å². The number of carbonyl (C=O) groups is 1. The lowest BCUT2D eigenvalue weighted by Gasteiger charge is -2.08. The van der Waals surface area contributed by atoms with Gasteiger partial charge in [0.05, 0.1) is 7.11 Å². The van der Waals surface area contributed by atoms with Crippen molar-refractivity contribution in [1.29, 1.82) is 0 Å². The van der Waals surface area contributed by atoms with Crippen molar-refractivity contribution < 1.29 is 22.5 Å². The van der Waals surface area contributed by atoms with E-state index in [1.165, 1.54) is 7.11 Å². The summed E-state index contributed by atoms with van der Waals surface area (Å²) in [5.41, 5.74) is 1.48. The summed E-state index contributed by atoms with van der Waals surface area (Å²) in [4.78, 5) is 11.4. The summed E-state index contributed by atoms with van der Waals surface area (Å²) in [6, 6.07) is 6.83. The highest BCUT2D eigenvalue weighted by Gasteiger charge is 2.20. The summed E-state index contributed by atoms with van der Waals surface area (Å²) >= 11 is 0. The van der Waals surface area contributed by atoms with Gasteiger partial charge in [-0.25, -0.2) is 8.42 Å². The van der Waals surface area contributed by atoms with E-state index in [2.05, 4.69) is 19.1 Å². The summed E-state index contributed by atoms with van der Waals surface area (Å²) in [6.45, 7) is 1.64. The van der Waals surface area contributed by atoms with E-state index in [1.54, 1.807) is 42.0 Å². The minimum absolute atomic E-state index is 0.00846. The van der Waals surface area contributed by atoms with Crippen LogP contribution in [0.4, 0.5) is 5.69 Å². The Bertz CT molecular complexity index is 1000. The first kappa shape index (κ1) is 16.1. The first-order valence-corrected chi connectivity index (χ1v) is 8.48. The van der Waals surface area contributed by atoms with E-state index in [4.69, 9.17) is 0 Å². The number of benzene rings is 1. The van der Waals surface area contributed by atoms with Gasteiger partial charge in [0.1, 0.15) is 23.4 Å². The number of nitrogens with zero attached hydrogens (tertiary/aromatic N) is 2. The molecule has 0 fully saturated rings. The largest absolute Gasteiger partial charge is 0.468 e. The monoisotopic (exact) mass is 349 g/mol. The van der Waals surface area contributed by atoms with Gasteiger partial charge in [0.2, 0.25) is 0 Å². The predicted octanol–water partition coefficient (Wildman–Crippen LogP) is 1.91. The molecule has 0 amide bonds. The van der Waals surface area contributed by atoms with E-state index < -0.39 is 10.0 Å². The third kappa shape index (κ3) is 2.98. The number of esters is 1. The Morgan fingerprint density at radius 1 is 1.38 bits per heavy atom. The highest BCUT2D eigenvalue weighted by molar-refractivity contribution is 7.92. The minimum Gasteiger partial charge on any atom is -0.468 e. The molecule has 0 aliphatic heterocycles. The number of hydrogen-bond donors (Lipinski definition) is 1. The Labute approximate surface area is 138 Å². The maximum absolute atomic E-state index is 12.3. The molecule has 2 heterocycles. The molecule has 2 aromatic heterocycles. The molecule has 126 valence electrons. The summed E-state index contributed by atoms with van der Waals surface area (Å²) in [5.74, 6) is -0.361. The number of hydrogen-bond acceptors (Lipinski definition) is 6. The van der Waals surface area contributed by atoms with Crippen molar-refractivity contribution in [3.05, 3.63) is 42.4 Å². The van der Waals surface area contributed by atoms with Crippen LogP contribution in [0.1, 0.15) is 5.69 Å². The number of rotatable bonds is 5. The number of sulfonamides is 1. The normalized spacial score (nSPS) is 11.6. The molecule has 0 aliphatic carbocycles. The number of aryl methyl sites for hydroxylation is 1. The number of nitrogens with one attached hydrogen (secondary N) is 1. The maximum Gasteiger partial charge on any atom is 0.325 e. The number of methoxy groups -OCH3 is 1. The van der Waals surface area contributed by atoms with Gasteiger partial charge in [-0.15, -0.1) is 0 Å². The van der Waals surface area contributed by atoms with Crippen molar-refractivity contribution in [1.82, 2.24) is 9.72 Å². The van der Waals surface area contributed by atoms with Gasteiger partial charge in [0, 0.05) is 22.8 Å². The van der Waals surface area contributed by atoms with Gasteiger partial charge in [-0.2, -0.15) is 0 Å². The van der Waals surface area contributed by atoms with Gasteiger partial charge in [-0.05, 0) is 31.2 Å². The van der Waals surface area contributed by atoms with Gasteiger partial charge in [0.15, 0.2) is 0 Å². The highest BCUT2D eigenvalue weighted by atomic mass is 32.2. The molecule has 0 saturated heterocycles. The van der Waals surface area contributed by atoms with E-state index in [-0.39, 0.29) is 23.1 Å². The molecule has 0 spiro atoms. The number of anilines is 1. The quantitative estimate of drug-likeness (QED) is 0.706. The standard InChI is InChI=1S/C15H15N3O5S/c1-10-14(9-23-16-10)24(20,21)17-12-3-4-13-11(7-12)5-6-18(13)8-15(19)22-2/h3-7,9,17H,8H2,1-2H3. The molecule has 0 aliphatic rings. The average Bonchev–Trinajstić information content (AvgIpc) is 3.13. The smallest absolute Gasteiger partial charge is 0.325 e. The molecule has 8 nitrogen and oxygen atoms in total. The number of fused-ring (bicyclic) bond motifs is 1. The molecule has 24 heavy (non-hydrogen) atoms. The first-order valence-electron chi connectivity index (χ1n) is 7.00. The molecular formula is C15H15N3O5S. The van der Waals surface area contributed by atoms with Crippen LogP contribution in [-0.4, -0.2) is 31.2 Å². The molecule has 3 rings (SSSR count). The van der Waals surface area contributed by atoms with Crippen LogP contribution >= 0.6 is 0 Å². The lowest BCUT2D eigenvalue weighted by Crippen LogP contribution is -2.13. The fourth-order valence-electron chi connectivity index (χ4n) is 2.36. The van der Waals surface area contributed by atoms with Gasteiger partial charge in [0.25, 0.3) is 10.0 Å². The molecule has 1 aromatic carbocycles. The predicted molar refractivity (Wildman–Crippen MR) is 86.0 cm³/mol. The SMILES string of the molecule is COC(=O)Cn1ccc2cc(NS(=O)(=O)c3conc3C)ccc21. The van der Waals surface area contributed by atoms with Crippen LogP contribution < -0.4 is 4.72 Å². The van der Waals surface area contributed by atoms with Crippen LogP contribution in [0.25, 0.3) is 10.9 Å². The zero-order valence-corrected chi connectivity index (χ0v) is 13.8. The van der Waals surface area contributed by atoms with Crippen molar-refractivity contribution in [2.24, 2.45) is 0 Å². The van der Waals surface area contributed by atoms with Crippen LogP contribution in [-0.2, 0) is 26.1 Å². The molecule has 0 saturated carbocycles. The molecule has 0 radical (unpaired) electrons. The minimum atomic E-state index is -3.77. The summed E-state index contributed by atoms with van der Waals surface area (Å²) in [7, 11) is -2.45. The Kier molecular flexibility index (Phi) is 4.02. The van der Waals surface area contributed by atoms with E-state index in [1.807, 2.05) is 0 Å². The first-order chi connectivity index (χ1) is 11.4. The molecule has 0 bridgehead atoms. The second-order valence-electron chi connectivity index (χ2n) is 5.16. The van der Waals surface area contributed by atoms with Gasteiger partial charge in [-0.3, -0.25) is 9.52 Å². The number of ether oxygens (including phenoxy) is 1. The van der Waals surface area contributed by atoms with E-state index >= 15 is 0 Å². The van der Waals surface area contributed by atoms with Crippen LogP contribution in [0.15, 0.2) is 46.1 Å². The summed E-state index contributed by atoms with van der Waals surface area (Å²) < 4.78 is 38.2. The second-order valence-corrected chi connectivity index (χ2v) is 6.81. The Hall–Kier alpha value is -2.81. The Morgan fingerprint density at radius 3 is 2.83 bits per heavy atom. The van der Waals surface area contributed by atoms with Gasteiger partial charge in [-0.1, -0.05) is 5.16 Å². The highest BCUT2D eigenvalue weighted by Crippen LogP contribution is 2.23. The summed E-state index contributed by atoms with van der Waals surface area (Å²) in [6.07, 6.45) is 2.83. The Balaban J connectivity index is 1.89. The fourth-order valence-corrected chi connectivity index (χ4v) is 3.50. The lowest BCUT2D eigenvalue weighted by atomic mass is 10.2. The van der Waals surface area contributed by atoms with Crippen molar-refractivity contribution >= 4 is 32.6 Å². The zero-order valence-electron chi connectivity index (χ0n) is 13.0. The second kappa shape index (κ2) is 6.00. The Morgan fingerprint density at radius 2 is 2.17 bits per heavy atom. The van der Waals surface area contributed by atoms with Crippen LogP contribution in [0, 0.1) is 6.92 Å². The van der Waals surface area contributed by atoms with E-state index in [0.29, 0.717) is 5.69 Å². The van der Waals surface area contributed by atoms with Crippen LogP contribution in [0.2, 0.25) is 0 Å². The van der Waals surface area contributed by atoms with Crippen molar-refractivity contribution in [2.75, 3.05) is 11.8 Å². The summed E-state index contributed by atoms with van der Waals surface area (Å²) in [5, 5.41) is 4.36. The maximum atomic E-state index is 12.3. The number of carbonyl (C=O) groups excluding carboxylic acids is 1. The lowest BCUT2D eigenvalue weighted by molar-refractivity contribution is -0.141. The van der Waals surface area contributed by atoms with Crippen molar-refractivity contribution in [3.8, 4) is 0 Å². The van der Waals surface area contributed by atoms with Crippen molar-refractivity contribution in [3.63, 3.8) is 0 Å². The average molecular weight is 349 g/mol. The molecule has 0 atom stereocenters. The van der Waals surface area contributed by atoms with E-state index in [9.17, 15) is 13.2 Å². The van der Waals surface area contributed by atoms with Gasteiger partial charge >= 0.3 is 5.97 Å². The molecular weight excluding hydrogens is 334 g/mol.